The van der Waals surface area contributed by atoms with Crippen LogP contribution in [0.3, 0.4) is 0 Å². The first kappa shape index (κ1) is 16.2. The standard InChI is InChI=1S/C20H20N6/c1-2-5-19(6-3-1)26-16-18(15-22-12-14-25-13-4-9-23-25)20(24-26)17-7-10-21-11-8-17/h1-11,13,16,22H,12,14-15H2. The Morgan fingerprint density at radius 3 is 2.54 bits per heavy atom. The van der Waals surface area contributed by atoms with Crippen LogP contribution in [0.2, 0.25) is 0 Å². The zero-order chi connectivity index (χ0) is 17.6. The topological polar surface area (TPSA) is 60.6 Å². The lowest BCUT2D eigenvalue weighted by Crippen LogP contribution is -2.19. The molecule has 0 aliphatic heterocycles. The van der Waals surface area contributed by atoms with Gasteiger partial charge < -0.3 is 5.32 Å². The van der Waals surface area contributed by atoms with E-state index in [1.54, 1.807) is 18.6 Å². The van der Waals surface area contributed by atoms with Crippen molar-refractivity contribution in [2.45, 2.75) is 13.1 Å². The van der Waals surface area contributed by atoms with Crippen molar-refractivity contribution < 1.29 is 0 Å². The molecule has 0 radical (unpaired) electrons. The van der Waals surface area contributed by atoms with E-state index in [1.807, 2.05) is 52.0 Å². The molecule has 130 valence electrons. The van der Waals surface area contributed by atoms with Gasteiger partial charge in [-0.2, -0.15) is 10.2 Å². The molecule has 26 heavy (non-hydrogen) atoms. The predicted octanol–water partition coefficient (Wildman–Crippen LogP) is 2.92. The molecule has 0 saturated heterocycles. The summed E-state index contributed by atoms with van der Waals surface area (Å²) in [6.07, 6.45) is 9.45. The van der Waals surface area contributed by atoms with Crippen LogP contribution in [0.25, 0.3) is 16.9 Å². The van der Waals surface area contributed by atoms with E-state index in [0.29, 0.717) is 0 Å². The molecule has 6 heteroatoms. The molecule has 3 heterocycles. The molecule has 0 amide bonds. The molecule has 3 aromatic heterocycles. The highest BCUT2D eigenvalue weighted by atomic mass is 15.3. The molecule has 4 aromatic rings. The lowest BCUT2D eigenvalue weighted by atomic mass is 10.1. The predicted molar refractivity (Wildman–Crippen MR) is 101 cm³/mol. The molecular formula is C20H20N6. The van der Waals surface area contributed by atoms with Gasteiger partial charge >= 0.3 is 0 Å². The number of para-hydroxylation sites is 1. The van der Waals surface area contributed by atoms with Crippen molar-refractivity contribution >= 4 is 0 Å². The Balaban J connectivity index is 1.54. The van der Waals surface area contributed by atoms with Crippen LogP contribution in [-0.4, -0.2) is 31.1 Å². The summed E-state index contributed by atoms with van der Waals surface area (Å²) in [5.74, 6) is 0. The number of nitrogens with one attached hydrogen (secondary N) is 1. The van der Waals surface area contributed by atoms with Crippen LogP contribution in [0.5, 0.6) is 0 Å². The first-order valence-corrected chi connectivity index (χ1v) is 8.63. The second-order valence-corrected chi connectivity index (χ2v) is 5.96. The maximum Gasteiger partial charge on any atom is 0.0973 e. The van der Waals surface area contributed by atoms with Gasteiger partial charge in [0.2, 0.25) is 0 Å². The Morgan fingerprint density at radius 1 is 0.923 bits per heavy atom. The van der Waals surface area contributed by atoms with Crippen LogP contribution in [0.15, 0.2) is 79.5 Å². The van der Waals surface area contributed by atoms with Crippen LogP contribution >= 0.6 is 0 Å². The van der Waals surface area contributed by atoms with Crippen LogP contribution in [0, 0.1) is 0 Å². The van der Waals surface area contributed by atoms with Gasteiger partial charge in [-0.1, -0.05) is 18.2 Å². The van der Waals surface area contributed by atoms with Gasteiger partial charge in [-0.3, -0.25) is 9.67 Å². The highest BCUT2D eigenvalue weighted by molar-refractivity contribution is 5.62. The van der Waals surface area contributed by atoms with Crippen molar-refractivity contribution in [3.63, 3.8) is 0 Å². The number of pyridine rings is 1. The number of rotatable bonds is 7. The lowest BCUT2D eigenvalue weighted by Gasteiger charge is -2.05. The van der Waals surface area contributed by atoms with Gasteiger partial charge in [-0.15, -0.1) is 0 Å². The third-order valence-electron chi connectivity index (χ3n) is 4.16. The van der Waals surface area contributed by atoms with Crippen molar-refractivity contribution in [3.05, 3.63) is 85.1 Å². The number of aromatic nitrogens is 5. The maximum atomic E-state index is 4.81. The summed E-state index contributed by atoms with van der Waals surface area (Å²) in [6, 6.07) is 16.1. The Hall–Kier alpha value is -3.25. The highest BCUT2D eigenvalue weighted by Gasteiger charge is 2.12. The third-order valence-corrected chi connectivity index (χ3v) is 4.16. The second kappa shape index (κ2) is 7.76. The third kappa shape index (κ3) is 3.70. The van der Waals surface area contributed by atoms with Gasteiger partial charge in [-0.05, 0) is 30.3 Å². The molecule has 0 saturated carbocycles. The molecule has 0 fully saturated rings. The zero-order valence-corrected chi connectivity index (χ0v) is 14.4. The van der Waals surface area contributed by atoms with Crippen molar-refractivity contribution in [2.75, 3.05) is 6.54 Å². The van der Waals surface area contributed by atoms with Gasteiger partial charge in [-0.25, -0.2) is 4.68 Å². The van der Waals surface area contributed by atoms with E-state index in [1.165, 1.54) is 0 Å². The van der Waals surface area contributed by atoms with Gasteiger partial charge in [0.15, 0.2) is 0 Å². The van der Waals surface area contributed by atoms with E-state index >= 15 is 0 Å². The van der Waals surface area contributed by atoms with Crippen LogP contribution < -0.4 is 5.32 Å². The minimum Gasteiger partial charge on any atom is -0.311 e. The largest absolute Gasteiger partial charge is 0.311 e. The summed E-state index contributed by atoms with van der Waals surface area (Å²) in [5, 5.41) is 12.5. The Kier molecular flexibility index (Phi) is 4.84. The number of hydrogen-bond acceptors (Lipinski definition) is 4. The minimum absolute atomic E-state index is 0.742. The monoisotopic (exact) mass is 344 g/mol. The highest BCUT2D eigenvalue weighted by Crippen LogP contribution is 2.23. The lowest BCUT2D eigenvalue weighted by molar-refractivity contribution is 0.555. The average Bonchev–Trinajstić information content (AvgIpc) is 3.37. The summed E-state index contributed by atoms with van der Waals surface area (Å²) in [7, 11) is 0. The van der Waals surface area contributed by atoms with E-state index in [2.05, 4.69) is 33.7 Å². The molecule has 1 N–H and O–H groups in total. The van der Waals surface area contributed by atoms with Gasteiger partial charge in [0, 0.05) is 55.2 Å². The minimum atomic E-state index is 0.742. The fourth-order valence-electron chi connectivity index (χ4n) is 2.85. The number of hydrogen-bond donors (Lipinski definition) is 1. The fraction of sp³-hybridized carbons (Fsp3) is 0.150. The summed E-state index contributed by atoms with van der Waals surface area (Å²) < 4.78 is 3.85. The first-order valence-electron chi connectivity index (χ1n) is 8.63. The van der Waals surface area contributed by atoms with Gasteiger partial charge in [0.25, 0.3) is 0 Å². The van der Waals surface area contributed by atoms with Gasteiger partial charge in [0.1, 0.15) is 0 Å². The van der Waals surface area contributed by atoms with Crippen molar-refractivity contribution in [2.24, 2.45) is 0 Å². The SMILES string of the molecule is c1ccc(-n2cc(CNCCn3cccn3)c(-c3ccncc3)n2)cc1. The van der Waals surface area contributed by atoms with Crippen LogP contribution in [-0.2, 0) is 13.1 Å². The maximum absolute atomic E-state index is 4.81. The number of nitrogens with zero attached hydrogens (tertiary/aromatic N) is 5. The van der Waals surface area contributed by atoms with E-state index in [4.69, 9.17) is 5.10 Å². The van der Waals surface area contributed by atoms with Crippen molar-refractivity contribution in [3.8, 4) is 16.9 Å². The quantitative estimate of drug-likeness (QED) is 0.524. The average molecular weight is 344 g/mol. The fourth-order valence-corrected chi connectivity index (χ4v) is 2.85. The Morgan fingerprint density at radius 2 is 1.77 bits per heavy atom. The van der Waals surface area contributed by atoms with Gasteiger partial charge in [0.05, 0.1) is 17.9 Å². The zero-order valence-electron chi connectivity index (χ0n) is 14.4. The molecule has 0 spiro atoms. The van der Waals surface area contributed by atoms with E-state index in [0.717, 1.165) is 42.1 Å². The molecule has 1 aromatic carbocycles. The first-order chi connectivity index (χ1) is 12.9. The molecule has 0 aliphatic carbocycles. The molecular weight excluding hydrogens is 324 g/mol. The second-order valence-electron chi connectivity index (χ2n) is 5.96. The molecule has 0 aliphatic rings. The summed E-state index contributed by atoms with van der Waals surface area (Å²) in [6.45, 7) is 2.42. The normalized spacial score (nSPS) is 10.9. The molecule has 0 unspecified atom stereocenters. The molecule has 4 rings (SSSR count). The summed E-state index contributed by atoms with van der Waals surface area (Å²) in [5.41, 5.74) is 4.24. The molecule has 6 nitrogen and oxygen atoms in total. The Labute approximate surface area is 152 Å². The molecule has 0 atom stereocenters. The van der Waals surface area contributed by atoms with Crippen LogP contribution in [0.1, 0.15) is 5.56 Å². The van der Waals surface area contributed by atoms with Crippen LogP contribution in [0.4, 0.5) is 0 Å². The van der Waals surface area contributed by atoms with Crippen molar-refractivity contribution in [1.29, 1.82) is 0 Å². The summed E-state index contributed by atoms with van der Waals surface area (Å²) >= 11 is 0. The summed E-state index contributed by atoms with van der Waals surface area (Å²) in [4.78, 5) is 4.11. The van der Waals surface area contributed by atoms with E-state index in [9.17, 15) is 0 Å². The van der Waals surface area contributed by atoms with Crippen molar-refractivity contribution in [1.82, 2.24) is 29.9 Å². The Bertz CT molecular complexity index is 929. The smallest absolute Gasteiger partial charge is 0.0973 e. The molecule has 0 bridgehead atoms. The van der Waals surface area contributed by atoms with E-state index in [-0.39, 0.29) is 0 Å². The van der Waals surface area contributed by atoms with E-state index < -0.39 is 0 Å². The number of benzene rings is 1.